The molecule has 6 heteroatoms. The molecule has 20 heavy (non-hydrogen) atoms. The molecule has 1 fully saturated rings. The van der Waals surface area contributed by atoms with Gasteiger partial charge in [0.15, 0.2) is 11.5 Å². The van der Waals surface area contributed by atoms with Gasteiger partial charge in [0.2, 0.25) is 0 Å². The number of rotatable bonds is 2. The summed E-state index contributed by atoms with van der Waals surface area (Å²) in [7, 11) is 0. The lowest BCUT2D eigenvalue weighted by Crippen LogP contribution is -2.44. The maximum absolute atomic E-state index is 6.27. The van der Waals surface area contributed by atoms with Gasteiger partial charge in [0.25, 0.3) is 0 Å². The molecule has 0 aliphatic heterocycles. The second kappa shape index (κ2) is 3.89. The summed E-state index contributed by atoms with van der Waals surface area (Å²) in [6.45, 7) is 1.96. The van der Waals surface area contributed by atoms with Crippen LogP contribution in [-0.4, -0.2) is 24.9 Å². The van der Waals surface area contributed by atoms with Crippen molar-refractivity contribution in [3.63, 3.8) is 0 Å². The van der Waals surface area contributed by atoms with Gasteiger partial charge >= 0.3 is 0 Å². The van der Waals surface area contributed by atoms with Crippen LogP contribution in [0.5, 0.6) is 0 Å². The molecule has 0 bridgehead atoms. The number of aryl methyl sites for hydroxylation is 1. The first-order valence-corrected chi connectivity index (χ1v) is 6.82. The summed E-state index contributed by atoms with van der Waals surface area (Å²) in [6, 6.07) is 3.95. The van der Waals surface area contributed by atoms with Crippen LogP contribution in [0.1, 0.15) is 30.8 Å². The molecule has 0 radical (unpaired) electrons. The number of H-pyrrole nitrogens is 2. The maximum atomic E-state index is 6.27. The third-order valence-electron chi connectivity index (χ3n) is 4.03. The highest BCUT2D eigenvalue weighted by Crippen LogP contribution is 2.37. The van der Waals surface area contributed by atoms with E-state index in [2.05, 4.69) is 24.9 Å². The van der Waals surface area contributed by atoms with Gasteiger partial charge in [0.1, 0.15) is 11.5 Å². The van der Waals surface area contributed by atoms with Gasteiger partial charge in [0.05, 0.1) is 17.3 Å². The van der Waals surface area contributed by atoms with Gasteiger partial charge in [-0.2, -0.15) is 0 Å². The van der Waals surface area contributed by atoms with Gasteiger partial charge in [-0.05, 0) is 38.3 Å². The number of fused-ring (bicyclic) bond motifs is 1. The molecule has 3 heterocycles. The predicted octanol–water partition coefficient (Wildman–Crippen LogP) is 1.99. The summed E-state index contributed by atoms with van der Waals surface area (Å²) < 4.78 is 0. The zero-order chi connectivity index (χ0) is 13.7. The molecule has 4 N–H and O–H groups in total. The molecule has 0 atom stereocenters. The van der Waals surface area contributed by atoms with E-state index in [1.807, 2.05) is 19.1 Å². The molecular weight excluding hydrogens is 252 g/mol. The van der Waals surface area contributed by atoms with Crippen molar-refractivity contribution in [3.8, 4) is 11.5 Å². The Bertz CT molecular complexity index is 780. The van der Waals surface area contributed by atoms with Crippen molar-refractivity contribution in [2.75, 3.05) is 0 Å². The first-order chi connectivity index (χ1) is 9.64. The van der Waals surface area contributed by atoms with Crippen LogP contribution in [0.15, 0.2) is 18.3 Å². The zero-order valence-corrected chi connectivity index (χ0v) is 11.3. The van der Waals surface area contributed by atoms with Crippen molar-refractivity contribution >= 4 is 11.2 Å². The van der Waals surface area contributed by atoms with Gasteiger partial charge in [-0.1, -0.05) is 0 Å². The molecule has 0 amide bonds. The lowest BCUT2D eigenvalue weighted by molar-refractivity contribution is 0.240. The SMILES string of the molecule is Cc1ccc2[nH]c(-c3cnc(C4(N)CCC4)[nH]3)nc2n1. The predicted molar refractivity (Wildman–Crippen MR) is 75.9 cm³/mol. The molecule has 0 unspecified atom stereocenters. The summed E-state index contributed by atoms with van der Waals surface area (Å²) in [4.78, 5) is 19.9. The Morgan fingerprint density at radius 2 is 2.05 bits per heavy atom. The van der Waals surface area contributed by atoms with Gasteiger partial charge in [-0.15, -0.1) is 0 Å². The monoisotopic (exact) mass is 268 g/mol. The first kappa shape index (κ1) is 11.6. The van der Waals surface area contributed by atoms with Gasteiger partial charge < -0.3 is 15.7 Å². The average Bonchev–Trinajstić information content (AvgIpc) is 3.01. The highest BCUT2D eigenvalue weighted by molar-refractivity contribution is 5.75. The fraction of sp³-hybridized carbons (Fsp3) is 0.357. The van der Waals surface area contributed by atoms with Crippen LogP contribution < -0.4 is 5.73 Å². The average molecular weight is 268 g/mol. The Morgan fingerprint density at radius 1 is 1.20 bits per heavy atom. The van der Waals surface area contributed by atoms with E-state index in [0.29, 0.717) is 0 Å². The van der Waals surface area contributed by atoms with Crippen LogP contribution in [0.4, 0.5) is 0 Å². The van der Waals surface area contributed by atoms with Crippen molar-refractivity contribution in [3.05, 3.63) is 29.8 Å². The summed E-state index contributed by atoms with van der Waals surface area (Å²) >= 11 is 0. The molecule has 1 saturated carbocycles. The second-order valence-electron chi connectivity index (χ2n) is 5.56. The minimum atomic E-state index is -0.279. The van der Waals surface area contributed by atoms with E-state index in [9.17, 15) is 0 Å². The molecule has 0 saturated heterocycles. The Labute approximate surface area is 115 Å². The molecule has 0 spiro atoms. The van der Waals surface area contributed by atoms with E-state index in [1.54, 1.807) is 6.20 Å². The van der Waals surface area contributed by atoms with E-state index in [1.165, 1.54) is 6.42 Å². The Morgan fingerprint density at radius 3 is 2.80 bits per heavy atom. The number of nitrogens with zero attached hydrogens (tertiary/aromatic N) is 3. The molecule has 4 rings (SSSR count). The van der Waals surface area contributed by atoms with Crippen molar-refractivity contribution in [1.29, 1.82) is 0 Å². The lowest BCUT2D eigenvalue weighted by atomic mass is 9.77. The number of aromatic amines is 2. The molecule has 0 aromatic carbocycles. The third kappa shape index (κ3) is 1.65. The van der Waals surface area contributed by atoms with Gasteiger partial charge in [0, 0.05) is 5.69 Å². The topological polar surface area (TPSA) is 96.3 Å². The molecular formula is C14H16N6. The summed E-state index contributed by atoms with van der Waals surface area (Å²) in [5, 5.41) is 0. The minimum Gasteiger partial charge on any atom is -0.338 e. The van der Waals surface area contributed by atoms with Crippen LogP contribution in [0.25, 0.3) is 22.7 Å². The number of imidazole rings is 2. The Hall–Kier alpha value is -2.21. The fourth-order valence-corrected chi connectivity index (χ4v) is 2.60. The number of aromatic nitrogens is 5. The Kier molecular flexibility index (Phi) is 2.26. The normalized spacial score (nSPS) is 17.3. The molecule has 1 aliphatic rings. The number of nitrogens with two attached hydrogens (primary N) is 1. The van der Waals surface area contributed by atoms with E-state index < -0.39 is 0 Å². The van der Waals surface area contributed by atoms with Crippen LogP contribution in [-0.2, 0) is 5.54 Å². The van der Waals surface area contributed by atoms with Crippen LogP contribution in [0.2, 0.25) is 0 Å². The highest BCUT2D eigenvalue weighted by Gasteiger charge is 2.37. The molecule has 3 aromatic heterocycles. The lowest BCUT2D eigenvalue weighted by Gasteiger charge is -2.35. The van der Waals surface area contributed by atoms with Crippen molar-refractivity contribution in [1.82, 2.24) is 24.9 Å². The zero-order valence-electron chi connectivity index (χ0n) is 11.3. The standard InChI is InChI=1S/C14H16N6/c1-8-3-4-9-11(17-8)20-12(18-9)10-7-16-13(19-10)14(15)5-2-6-14/h3-4,7H,2,5-6,15H2,1H3,(H,16,19)(H,17,18,20). The molecule has 102 valence electrons. The highest BCUT2D eigenvalue weighted by atomic mass is 15.1. The summed E-state index contributed by atoms with van der Waals surface area (Å²) in [5.74, 6) is 1.60. The molecule has 3 aromatic rings. The smallest absolute Gasteiger partial charge is 0.178 e. The number of hydrogen-bond acceptors (Lipinski definition) is 4. The maximum Gasteiger partial charge on any atom is 0.178 e. The fourth-order valence-electron chi connectivity index (χ4n) is 2.60. The third-order valence-corrected chi connectivity index (χ3v) is 4.03. The molecule has 1 aliphatic carbocycles. The van der Waals surface area contributed by atoms with E-state index in [0.717, 1.165) is 47.0 Å². The van der Waals surface area contributed by atoms with Crippen molar-refractivity contribution < 1.29 is 0 Å². The number of hydrogen-bond donors (Lipinski definition) is 3. The van der Waals surface area contributed by atoms with Gasteiger partial charge in [-0.25, -0.2) is 15.0 Å². The van der Waals surface area contributed by atoms with Crippen molar-refractivity contribution in [2.24, 2.45) is 5.73 Å². The van der Waals surface area contributed by atoms with Crippen molar-refractivity contribution in [2.45, 2.75) is 31.7 Å². The minimum absolute atomic E-state index is 0.279. The first-order valence-electron chi connectivity index (χ1n) is 6.82. The molecule has 6 nitrogen and oxygen atoms in total. The van der Waals surface area contributed by atoms with E-state index in [4.69, 9.17) is 5.73 Å². The van der Waals surface area contributed by atoms with E-state index >= 15 is 0 Å². The van der Waals surface area contributed by atoms with E-state index in [-0.39, 0.29) is 5.54 Å². The largest absolute Gasteiger partial charge is 0.338 e. The number of pyridine rings is 1. The van der Waals surface area contributed by atoms with Crippen LogP contribution >= 0.6 is 0 Å². The van der Waals surface area contributed by atoms with Crippen LogP contribution in [0, 0.1) is 6.92 Å². The summed E-state index contributed by atoms with van der Waals surface area (Å²) in [6.07, 6.45) is 4.93. The summed E-state index contributed by atoms with van der Waals surface area (Å²) in [5.41, 5.74) is 9.45. The number of nitrogens with one attached hydrogen (secondary N) is 2. The van der Waals surface area contributed by atoms with Crippen LogP contribution in [0.3, 0.4) is 0 Å². The quantitative estimate of drug-likeness (QED) is 0.662. The van der Waals surface area contributed by atoms with Gasteiger partial charge in [-0.3, -0.25) is 0 Å². The Balaban J connectivity index is 1.75. The second-order valence-corrected chi connectivity index (χ2v) is 5.56.